The van der Waals surface area contributed by atoms with Gasteiger partial charge in [-0.3, -0.25) is 9.89 Å². The van der Waals surface area contributed by atoms with Crippen LogP contribution in [0.2, 0.25) is 0 Å². The summed E-state index contributed by atoms with van der Waals surface area (Å²) in [6.07, 6.45) is 0. The molecule has 0 aliphatic heterocycles. The zero-order valence-electron chi connectivity index (χ0n) is 10.4. The summed E-state index contributed by atoms with van der Waals surface area (Å²) in [6.45, 7) is 0. The van der Waals surface area contributed by atoms with Gasteiger partial charge in [-0.1, -0.05) is 12.1 Å². The Morgan fingerprint density at radius 2 is 2.10 bits per heavy atom. The third kappa shape index (κ3) is 1.82. The highest BCUT2D eigenvalue weighted by molar-refractivity contribution is 7.14. The van der Waals surface area contributed by atoms with Crippen molar-refractivity contribution in [2.24, 2.45) is 0 Å². The molecule has 0 aliphatic carbocycles. The lowest BCUT2D eigenvalue weighted by atomic mass is 10.1. The van der Waals surface area contributed by atoms with Gasteiger partial charge in [-0.25, -0.2) is 9.61 Å². The minimum absolute atomic E-state index is 0.144. The molecule has 8 nitrogen and oxygen atoms in total. The fourth-order valence-corrected chi connectivity index (χ4v) is 2.68. The van der Waals surface area contributed by atoms with Gasteiger partial charge in [0.05, 0.1) is 5.69 Å². The van der Waals surface area contributed by atoms with Crippen LogP contribution in [-0.4, -0.2) is 35.1 Å². The van der Waals surface area contributed by atoms with Crippen molar-refractivity contribution in [1.29, 1.82) is 0 Å². The lowest BCUT2D eigenvalue weighted by molar-refractivity contribution is 0.477. The van der Waals surface area contributed by atoms with E-state index in [-0.39, 0.29) is 10.6 Å². The van der Waals surface area contributed by atoms with Crippen molar-refractivity contribution in [3.8, 4) is 28.5 Å². The molecule has 0 atom stereocenters. The SMILES string of the molecule is O=c1[nH]n2c(-c3cc(-c4ccccc4O)n[nH]3)nnc2s1. The van der Waals surface area contributed by atoms with E-state index in [9.17, 15) is 9.90 Å². The number of benzene rings is 1. The van der Waals surface area contributed by atoms with Crippen LogP contribution in [0.15, 0.2) is 35.1 Å². The van der Waals surface area contributed by atoms with Crippen molar-refractivity contribution >= 4 is 16.3 Å². The molecule has 0 amide bonds. The molecule has 0 saturated heterocycles. The molecule has 0 unspecified atom stereocenters. The zero-order valence-corrected chi connectivity index (χ0v) is 11.3. The number of hydrogen-bond donors (Lipinski definition) is 3. The van der Waals surface area contributed by atoms with Gasteiger partial charge in [0.15, 0.2) is 0 Å². The average molecular weight is 300 g/mol. The van der Waals surface area contributed by atoms with E-state index in [2.05, 4.69) is 25.5 Å². The molecule has 4 rings (SSSR count). The second-order valence-corrected chi connectivity index (χ2v) is 5.27. The number of para-hydroxylation sites is 1. The second kappa shape index (κ2) is 4.28. The molecule has 21 heavy (non-hydrogen) atoms. The van der Waals surface area contributed by atoms with Crippen LogP contribution in [0.3, 0.4) is 0 Å². The van der Waals surface area contributed by atoms with Crippen LogP contribution in [0, 0.1) is 0 Å². The number of hydrogen-bond acceptors (Lipinski definition) is 6. The quantitative estimate of drug-likeness (QED) is 0.515. The largest absolute Gasteiger partial charge is 0.507 e. The van der Waals surface area contributed by atoms with Crippen LogP contribution < -0.4 is 4.87 Å². The summed E-state index contributed by atoms with van der Waals surface area (Å²) in [5.41, 5.74) is 1.78. The van der Waals surface area contributed by atoms with Gasteiger partial charge in [-0.2, -0.15) is 5.10 Å². The molecular weight excluding hydrogens is 292 g/mol. The first-order valence-electron chi connectivity index (χ1n) is 6.01. The molecule has 1 aromatic carbocycles. The topological polar surface area (TPSA) is 112 Å². The van der Waals surface area contributed by atoms with E-state index in [1.54, 1.807) is 24.3 Å². The molecule has 3 heterocycles. The van der Waals surface area contributed by atoms with Gasteiger partial charge in [0, 0.05) is 5.56 Å². The zero-order chi connectivity index (χ0) is 14.4. The van der Waals surface area contributed by atoms with Crippen LogP contribution in [0.25, 0.3) is 27.7 Å². The van der Waals surface area contributed by atoms with Gasteiger partial charge in [-0.05, 0) is 29.5 Å². The minimum Gasteiger partial charge on any atom is -0.507 e. The number of H-pyrrole nitrogens is 2. The lowest BCUT2D eigenvalue weighted by Gasteiger charge is -1.98. The number of fused-ring (bicyclic) bond motifs is 1. The number of phenols is 1. The summed E-state index contributed by atoms with van der Waals surface area (Å²) in [5, 5.41) is 27.4. The summed E-state index contributed by atoms with van der Waals surface area (Å²) in [6, 6.07) is 8.65. The van der Waals surface area contributed by atoms with Crippen LogP contribution in [0.4, 0.5) is 0 Å². The standard InChI is InChI=1S/C12H8N6O2S/c19-9-4-2-1-3-6(9)7-5-8(14-13-7)10-15-16-11-18(10)17-12(20)21-11/h1-5,19H,(H,13,14)(H,17,20). The van der Waals surface area contributed by atoms with Crippen molar-refractivity contribution in [3.63, 3.8) is 0 Å². The van der Waals surface area contributed by atoms with E-state index in [1.165, 1.54) is 4.52 Å². The molecule has 3 aromatic heterocycles. The van der Waals surface area contributed by atoms with Crippen molar-refractivity contribution in [3.05, 3.63) is 40.0 Å². The monoisotopic (exact) mass is 300 g/mol. The van der Waals surface area contributed by atoms with E-state index in [1.807, 2.05) is 6.07 Å². The first kappa shape index (κ1) is 11.9. The van der Waals surface area contributed by atoms with Crippen LogP contribution in [0.5, 0.6) is 5.75 Å². The first-order valence-corrected chi connectivity index (χ1v) is 6.82. The maximum absolute atomic E-state index is 11.3. The molecule has 4 aromatic rings. The fourth-order valence-electron chi connectivity index (χ4n) is 2.07. The Balaban J connectivity index is 1.84. The summed E-state index contributed by atoms with van der Waals surface area (Å²) in [7, 11) is 0. The maximum Gasteiger partial charge on any atom is 0.322 e. The normalized spacial score (nSPS) is 11.2. The van der Waals surface area contributed by atoms with E-state index < -0.39 is 0 Å². The van der Waals surface area contributed by atoms with E-state index in [4.69, 9.17) is 0 Å². The molecule has 104 valence electrons. The predicted octanol–water partition coefficient (Wildman–Crippen LogP) is 1.24. The van der Waals surface area contributed by atoms with E-state index in [0.717, 1.165) is 11.3 Å². The average Bonchev–Trinajstić information content (AvgIpc) is 3.14. The highest BCUT2D eigenvalue weighted by Gasteiger charge is 2.15. The summed E-state index contributed by atoms with van der Waals surface area (Å²) >= 11 is 0.977. The number of phenolic OH excluding ortho intramolecular Hbond substituents is 1. The van der Waals surface area contributed by atoms with Gasteiger partial charge < -0.3 is 5.11 Å². The van der Waals surface area contributed by atoms with Crippen LogP contribution in [-0.2, 0) is 0 Å². The number of aromatic nitrogens is 6. The number of rotatable bonds is 2. The molecule has 0 fully saturated rings. The number of aromatic hydroxyl groups is 1. The Labute approximate surface area is 120 Å². The molecule has 9 heteroatoms. The van der Waals surface area contributed by atoms with Crippen molar-refractivity contribution in [2.45, 2.75) is 0 Å². The molecule has 0 aliphatic rings. The first-order chi connectivity index (χ1) is 10.2. The fraction of sp³-hybridized carbons (Fsp3) is 0. The summed E-state index contributed by atoms with van der Waals surface area (Å²) < 4.78 is 1.50. The molecular formula is C12H8N6O2S. The number of nitrogens with zero attached hydrogens (tertiary/aromatic N) is 4. The van der Waals surface area contributed by atoms with Gasteiger partial charge in [0.2, 0.25) is 10.8 Å². The number of nitrogens with one attached hydrogen (secondary N) is 2. The third-order valence-electron chi connectivity index (χ3n) is 3.02. The van der Waals surface area contributed by atoms with Crippen LogP contribution >= 0.6 is 11.3 Å². The highest BCUT2D eigenvalue weighted by atomic mass is 32.1. The van der Waals surface area contributed by atoms with Crippen LogP contribution in [0.1, 0.15) is 0 Å². The Bertz CT molecular complexity index is 994. The van der Waals surface area contributed by atoms with Gasteiger partial charge >= 0.3 is 4.87 Å². The van der Waals surface area contributed by atoms with E-state index in [0.29, 0.717) is 27.7 Å². The highest BCUT2D eigenvalue weighted by Crippen LogP contribution is 2.29. The molecule has 0 bridgehead atoms. The Hall–Kier alpha value is -2.94. The van der Waals surface area contributed by atoms with E-state index >= 15 is 0 Å². The molecule has 0 saturated carbocycles. The minimum atomic E-state index is -0.207. The lowest BCUT2D eigenvalue weighted by Crippen LogP contribution is -1.99. The molecule has 0 radical (unpaired) electrons. The van der Waals surface area contributed by atoms with Crippen molar-refractivity contribution in [2.75, 3.05) is 0 Å². The molecule has 0 spiro atoms. The summed E-state index contributed by atoms with van der Waals surface area (Å²) in [5.74, 6) is 0.600. The van der Waals surface area contributed by atoms with Crippen molar-refractivity contribution in [1.82, 2.24) is 30.0 Å². The van der Waals surface area contributed by atoms with Crippen molar-refractivity contribution < 1.29 is 5.11 Å². The second-order valence-electron chi connectivity index (χ2n) is 4.33. The molecule has 3 N–H and O–H groups in total. The summed E-state index contributed by atoms with van der Waals surface area (Å²) in [4.78, 5) is 11.6. The Kier molecular flexibility index (Phi) is 2.42. The predicted molar refractivity (Wildman–Crippen MR) is 76.2 cm³/mol. The third-order valence-corrected chi connectivity index (χ3v) is 3.74. The maximum atomic E-state index is 11.3. The van der Waals surface area contributed by atoms with Gasteiger partial charge in [-0.15, -0.1) is 10.2 Å². The Morgan fingerprint density at radius 3 is 2.95 bits per heavy atom. The Morgan fingerprint density at radius 1 is 1.24 bits per heavy atom. The van der Waals surface area contributed by atoms with Gasteiger partial charge in [0.1, 0.15) is 11.4 Å². The smallest absolute Gasteiger partial charge is 0.322 e. The van der Waals surface area contributed by atoms with Gasteiger partial charge in [0.25, 0.3) is 0 Å². The number of aromatic amines is 2.